The maximum Gasteiger partial charge on any atom is 0.306 e. The number of ether oxygens (including phenoxy) is 1. The average Bonchev–Trinajstić information content (AvgIpc) is 3.10. The van der Waals surface area contributed by atoms with Gasteiger partial charge in [0.2, 0.25) is 0 Å². The van der Waals surface area contributed by atoms with Crippen molar-refractivity contribution < 1.29 is 19.1 Å². The number of hydrogen-bond donors (Lipinski definition) is 1. The Morgan fingerprint density at radius 2 is 2.04 bits per heavy atom. The van der Waals surface area contributed by atoms with Gasteiger partial charge >= 0.3 is 5.97 Å². The number of anilines is 1. The molecular formula is C18H23NO4S2. The summed E-state index contributed by atoms with van der Waals surface area (Å²) in [5.74, 6) is 0.288. The van der Waals surface area contributed by atoms with Gasteiger partial charge in [0, 0.05) is 23.0 Å². The summed E-state index contributed by atoms with van der Waals surface area (Å²) < 4.78 is 5.00. The molecule has 0 aliphatic carbocycles. The van der Waals surface area contributed by atoms with Gasteiger partial charge in [-0.05, 0) is 38.3 Å². The second-order valence-corrected chi connectivity index (χ2v) is 8.67. The summed E-state index contributed by atoms with van der Waals surface area (Å²) in [5, 5.41) is 3.33. The molecule has 0 saturated carbocycles. The molecule has 2 rings (SSSR count). The van der Waals surface area contributed by atoms with Crippen LogP contribution in [0.1, 0.15) is 49.4 Å². The van der Waals surface area contributed by atoms with Crippen LogP contribution >= 0.6 is 21.6 Å². The van der Waals surface area contributed by atoms with Crippen LogP contribution in [-0.4, -0.2) is 35.3 Å². The summed E-state index contributed by atoms with van der Waals surface area (Å²) in [5.41, 5.74) is 0.869. The van der Waals surface area contributed by atoms with E-state index in [0.29, 0.717) is 22.9 Å². The van der Waals surface area contributed by atoms with Crippen molar-refractivity contribution in [3.05, 3.63) is 29.8 Å². The number of para-hydroxylation sites is 1. The largest absolute Gasteiger partial charge is 0.456 e. The summed E-state index contributed by atoms with van der Waals surface area (Å²) >= 11 is 0. The normalized spacial score (nSPS) is 16.4. The molecule has 7 heteroatoms. The highest BCUT2D eigenvalue weighted by atomic mass is 33.1. The number of carbonyl (C=O) groups is 3. The minimum absolute atomic E-state index is 0.133. The zero-order valence-electron chi connectivity index (χ0n) is 14.3. The number of hydrogen-bond acceptors (Lipinski definition) is 6. The molecule has 1 fully saturated rings. The molecule has 0 spiro atoms. The van der Waals surface area contributed by atoms with Crippen molar-refractivity contribution in [2.75, 3.05) is 17.7 Å². The summed E-state index contributed by atoms with van der Waals surface area (Å²) in [4.78, 5) is 35.1. The lowest BCUT2D eigenvalue weighted by molar-refractivity contribution is -0.147. The Balaban J connectivity index is 1.64. The monoisotopic (exact) mass is 381 g/mol. The molecule has 0 radical (unpaired) electrons. The number of nitrogens with one attached hydrogen (secondary N) is 1. The minimum Gasteiger partial charge on any atom is -0.456 e. The second kappa shape index (κ2) is 10.5. The van der Waals surface area contributed by atoms with E-state index in [0.717, 1.165) is 19.3 Å². The van der Waals surface area contributed by atoms with Gasteiger partial charge in [0.1, 0.15) is 0 Å². The molecule has 1 saturated heterocycles. The molecule has 0 unspecified atom stereocenters. The van der Waals surface area contributed by atoms with Crippen LogP contribution in [-0.2, 0) is 14.3 Å². The number of esters is 1. The van der Waals surface area contributed by atoms with Crippen LogP contribution in [0.2, 0.25) is 0 Å². The van der Waals surface area contributed by atoms with Gasteiger partial charge in [0.25, 0.3) is 5.91 Å². The minimum atomic E-state index is -0.443. The van der Waals surface area contributed by atoms with Crippen molar-refractivity contribution in [3.8, 4) is 0 Å². The number of amides is 1. The number of carbonyl (C=O) groups excluding carboxylic acids is 3. The zero-order chi connectivity index (χ0) is 18.1. The molecule has 1 aromatic rings. The van der Waals surface area contributed by atoms with Gasteiger partial charge in [-0.3, -0.25) is 14.4 Å². The zero-order valence-corrected chi connectivity index (χ0v) is 15.9. The van der Waals surface area contributed by atoms with E-state index in [1.165, 1.54) is 19.1 Å². The van der Waals surface area contributed by atoms with Crippen molar-refractivity contribution in [2.45, 2.75) is 44.3 Å². The Kier molecular flexibility index (Phi) is 8.34. The van der Waals surface area contributed by atoms with Crippen molar-refractivity contribution in [1.82, 2.24) is 0 Å². The molecular weight excluding hydrogens is 358 g/mol. The van der Waals surface area contributed by atoms with Gasteiger partial charge in [0.05, 0.1) is 5.69 Å². The maximum absolute atomic E-state index is 11.9. The fourth-order valence-corrected chi connectivity index (χ4v) is 5.54. The number of benzene rings is 1. The molecule has 1 heterocycles. The van der Waals surface area contributed by atoms with Gasteiger partial charge in [0.15, 0.2) is 12.4 Å². The van der Waals surface area contributed by atoms with Gasteiger partial charge < -0.3 is 10.1 Å². The number of unbranched alkanes of at least 4 members (excludes halogenated alkanes) is 1. The lowest BCUT2D eigenvalue weighted by Gasteiger charge is -2.10. The molecule has 1 aromatic carbocycles. The molecule has 1 N–H and O–H groups in total. The van der Waals surface area contributed by atoms with Crippen LogP contribution in [0.5, 0.6) is 0 Å². The van der Waals surface area contributed by atoms with Crippen molar-refractivity contribution in [1.29, 1.82) is 0 Å². The highest BCUT2D eigenvalue weighted by molar-refractivity contribution is 8.77. The molecule has 1 aliphatic heterocycles. The summed E-state index contributed by atoms with van der Waals surface area (Å²) in [6, 6.07) is 6.76. The standard InChI is InChI=1S/C18H23NO4S2/c1-13(20)15-7-3-4-8-16(15)19-17(21)12-23-18(22)9-5-2-6-14-10-11-24-25-14/h3-4,7-8,14H,2,5-6,9-12H2,1H3,(H,19,21)/t14-/m0/s1. The third-order valence-corrected chi connectivity index (χ3v) is 6.84. The average molecular weight is 382 g/mol. The van der Waals surface area contributed by atoms with E-state index < -0.39 is 5.91 Å². The fourth-order valence-electron chi connectivity index (χ4n) is 2.51. The van der Waals surface area contributed by atoms with E-state index in [1.807, 2.05) is 21.6 Å². The van der Waals surface area contributed by atoms with E-state index >= 15 is 0 Å². The van der Waals surface area contributed by atoms with Crippen LogP contribution < -0.4 is 5.32 Å². The summed E-state index contributed by atoms with van der Waals surface area (Å²) in [6.07, 6.45) is 4.51. The van der Waals surface area contributed by atoms with E-state index in [1.54, 1.807) is 24.3 Å². The Morgan fingerprint density at radius 3 is 2.76 bits per heavy atom. The molecule has 136 valence electrons. The Bertz CT molecular complexity index is 615. The van der Waals surface area contributed by atoms with Gasteiger partial charge in [-0.15, -0.1) is 0 Å². The van der Waals surface area contributed by atoms with Crippen LogP contribution in [0.3, 0.4) is 0 Å². The summed E-state index contributed by atoms with van der Waals surface area (Å²) in [6.45, 7) is 1.11. The third-order valence-electron chi connectivity index (χ3n) is 3.83. The first-order valence-electron chi connectivity index (χ1n) is 8.40. The topological polar surface area (TPSA) is 72.5 Å². The van der Waals surface area contributed by atoms with E-state index in [9.17, 15) is 14.4 Å². The summed E-state index contributed by atoms with van der Waals surface area (Å²) in [7, 11) is 3.86. The van der Waals surface area contributed by atoms with Gasteiger partial charge in [-0.1, -0.05) is 40.1 Å². The van der Waals surface area contributed by atoms with Gasteiger partial charge in [-0.2, -0.15) is 0 Å². The van der Waals surface area contributed by atoms with E-state index in [-0.39, 0.29) is 18.4 Å². The lowest BCUT2D eigenvalue weighted by Crippen LogP contribution is -2.21. The van der Waals surface area contributed by atoms with E-state index in [2.05, 4.69) is 5.32 Å². The fraction of sp³-hybridized carbons (Fsp3) is 0.500. The molecule has 1 atom stereocenters. The first-order chi connectivity index (χ1) is 12.1. The van der Waals surface area contributed by atoms with Crippen LogP contribution in [0.25, 0.3) is 0 Å². The molecule has 5 nitrogen and oxygen atoms in total. The molecule has 0 aromatic heterocycles. The smallest absolute Gasteiger partial charge is 0.306 e. The van der Waals surface area contributed by atoms with Crippen molar-refractivity contribution in [2.24, 2.45) is 0 Å². The van der Waals surface area contributed by atoms with E-state index in [4.69, 9.17) is 4.74 Å². The first kappa shape index (κ1) is 19.8. The highest BCUT2D eigenvalue weighted by Gasteiger charge is 2.16. The maximum atomic E-state index is 11.9. The second-order valence-electron chi connectivity index (χ2n) is 5.89. The van der Waals surface area contributed by atoms with Crippen LogP contribution in [0.15, 0.2) is 24.3 Å². The predicted octanol–water partition coefficient (Wildman–Crippen LogP) is 4.09. The van der Waals surface area contributed by atoms with Gasteiger partial charge in [-0.25, -0.2) is 0 Å². The predicted molar refractivity (Wildman–Crippen MR) is 103 cm³/mol. The molecule has 1 aliphatic rings. The third kappa shape index (κ3) is 7.12. The van der Waals surface area contributed by atoms with Crippen LogP contribution in [0.4, 0.5) is 5.69 Å². The molecule has 25 heavy (non-hydrogen) atoms. The SMILES string of the molecule is CC(=O)c1ccccc1NC(=O)COC(=O)CCCC[C@H]1CCSS1. The first-order valence-corrected chi connectivity index (χ1v) is 10.8. The van der Waals surface area contributed by atoms with Crippen LogP contribution in [0, 0.1) is 0 Å². The number of ketones is 1. The Hall–Kier alpha value is -1.47. The number of rotatable bonds is 9. The Morgan fingerprint density at radius 1 is 1.24 bits per heavy atom. The Labute approximate surface area is 156 Å². The van der Waals surface area contributed by atoms with Crippen molar-refractivity contribution in [3.63, 3.8) is 0 Å². The quantitative estimate of drug-likeness (QED) is 0.301. The lowest BCUT2D eigenvalue weighted by atomic mass is 10.1. The van der Waals surface area contributed by atoms with Crippen molar-refractivity contribution >= 4 is 44.9 Å². The highest BCUT2D eigenvalue weighted by Crippen LogP contribution is 2.39. The number of Topliss-reactive ketones (excluding diaryl/α,β-unsaturated/α-hetero) is 1. The molecule has 0 bridgehead atoms. The molecule has 1 amide bonds.